The van der Waals surface area contributed by atoms with Crippen molar-refractivity contribution in [2.75, 3.05) is 39.5 Å². The summed E-state index contributed by atoms with van der Waals surface area (Å²) in [6.45, 7) is 6.67. The highest BCUT2D eigenvalue weighted by molar-refractivity contribution is 5.76. The monoisotopic (exact) mass is 256 g/mol. The molecule has 0 aliphatic carbocycles. The summed E-state index contributed by atoms with van der Waals surface area (Å²) in [6, 6.07) is 0.296. The van der Waals surface area contributed by atoms with Crippen LogP contribution in [0.3, 0.4) is 0 Å². The minimum absolute atomic E-state index is 0.205. The molecule has 2 aliphatic heterocycles. The highest BCUT2D eigenvalue weighted by Gasteiger charge is 2.22. The van der Waals surface area contributed by atoms with Gasteiger partial charge in [-0.15, -0.1) is 0 Å². The molecule has 0 aromatic heterocycles. The van der Waals surface area contributed by atoms with Crippen LogP contribution in [0, 0.1) is 0 Å². The Balaban J connectivity index is 1.58. The van der Waals surface area contributed by atoms with E-state index in [-0.39, 0.29) is 12.0 Å². The van der Waals surface area contributed by atoms with Crippen molar-refractivity contribution in [1.29, 1.82) is 0 Å². The number of nitrogens with one attached hydrogen (secondary N) is 1. The lowest BCUT2D eigenvalue weighted by atomic mass is 10.2. The van der Waals surface area contributed by atoms with Crippen molar-refractivity contribution in [3.05, 3.63) is 0 Å². The molecular weight excluding hydrogens is 232 g/mol. The quantitative estimate of drug-likeness (QED) is 0.723. The van der Waals surface area contributed by atoms with Crippen molar-refractivity contribution in [3.8, 4) is 0 Å². The van der Waals surface area contributed by atoms with E-state index in [0.717, 1.165) is 39.1 Å². The van der Waals surface area contributed by atoms with Crippen LogP contribution in [-0.2, 0) is 14.3 Å². The highest BCUT2D eigenvalue weighted by Crippen LogP contribution is 2.12. The Kier molecular flexibility index (Phi) is 5.41. The molecule has 5 nitrogen and oxygen atoms in total. The number of hydrogen-bond acceptors (Lipinski definition) is 4. The lowest BCUT2D eigenvalue weighted by Gasteiger charge is -2.34. The zero-order chi connectivity index (χ0) is 12.8. The van der Waals surface area contributed by atoms with E-state index in [2.05, 4.69) is 12.2 Å². The van der Waals surface area contributed by atoms with Gasteiger partial charge in [0.1, 0.15) is 0 Å². The Bertz CT molecular complexity index is 267. The zero-order valence-corrected chi connectivity index (χ0v) is 11.2. The highest BCUT2D eigenvalue weighted by atomic mass is 16.5. The van der Waals surface area contributed by atoms with Crippen LogP contribution in [0.25, 0.3) is 0 Å². The van der Waals surface area contributed by atoms with Crippen LogP contribution in [0.5, 0.6) is 0 Å². The lowest BCUT2D eigenvalue weighted by molar-refractivity contribution is -0.135. The molecule has 18 heavy (non-hydrogen) atoms. The van der Waals surface area contributed by atoms with Crippen molar-refractivity contribution < 1.29 is 14.3 Å². The summed E-state index contributed by atoms with van der Waals surface area (Å²) in [5, 5.41) is 3.28. The van der Waals surface area contributed by atoms with E-state index in [4.69, 9.17) is 9.47 Å². The van der Waals surface area contributed by atoms with Crippen LogP contribution in [0.15, 0.2) is 0 Å². The molecule has 0 aromatic rings. The number of rotatable bonds is 5. The van der Waals surface area contributed by atoms with Gasteiger partial charge in [-0.25, -0.2) is 0 Å². The van der Waals surface area contributed by atoms with Gasteiger partial charge in [-0.05, 0) is 19.8 Å². The van der Waals surface area contributed by atoms with Gasteiger partial charge < -0.3 is 19.7 Å². The first-order chi connectivity index (χ1) is 8.77. The summed E-state index contributed by atoms with van der Waals surface area (Å²) in [7, 11) is 0. The minimum Gasteiger partial charge on any atom is -0.378 e. The van der Waals surface area contributed by atoms with Crippen molar-refractivity contribution in [2.45, 2.75) is 38.3 Å². The molecule has 2 aliphatic rings. The zero-order valence-electron chi connectivity index (χ0n) is 11.2. The molecule has 5 heteroatoms. The van der Waals surface area contributed by atoms with Gasteiger partial charge in [-0.2, -0.15) is 0 Å². The van der Waals surface area contributed by atoms with Crippen molar-refractivity contribution in [2.24, 2.45) is 0 Å². The molecule has 2 rings (SSSR count). The number of hydrogen-bond donors (Lipinski definition) is 1. The fourth-order valence-electron chi connectivity index (χ4n) is 2.51. The van der Waals surface area contributed by atoms with Gasteiger partial charge in [0.05, 0.1) is 25.7 Å². The average Bonchev–Trinajstić information content (AvgIpc) is 2.88. The second kappa shape index (κ2) is 7.07. The molecule has 1 unspecified atom stereocenters. The number of carbonyl (C=O) groups excluding carboxylic acids is 1. The first-order valence-corrected chi connectivity index (χ1v) is 6.97. The number of nitrogens with zero attached hydrogens (tertiary/aromatic N) is 1. The molecule has 0 saturated carbocycles. The first kappa shape index (κ1) is 13.8. The van der Waals surface area contributed by atoms with Crippen molar-refractivity contribution in [3.63, 3.8) is 0 Å². The van der Waals surface area contributed by atoms with E-state index in [1.807, 2.05) is 4.90 Å². The maximum Gasteiger partial charge on any atom is 0.225 e. The summed E-state index contributed by atoms with van der Waals surface area (Å²) in [5.74, 6) is 0.205. The fraction of sp³-hybridized carbons (Fsp3) is 0.923. The van der Waals surface area contributed by atoms with Crippen molar-refractivity contribution in [1.82, 2.24) is 10.2 Å². The van der Waals surface area contributed by atoms with Crippen LogP contribution < -0.4 is 5.32 Å². The molecule has 0 bridgehead atoms. The third kappa shape index (κ3) is 3.93. The summed E-state index contributed by atoms with van der Waals surface area (Å²) in [6.07, 6.45) is 2.95. The van der Waals surface area contributed by atoms with Gasteiger partial charge in [0, 0.05) is 32.3 Å². The van der Waals surface area contributed by atoms with E-state index in [1.165, 1.54) is 0 Å². The number of piperazine rings is 1. The fourth-order valence-corrected chi connectivity index (χ4v) is 2.51. The predicted octanol–water partition coefficient (Wildman–Crippen LogP) is 0.392. The normalized spacial score (nSPS) is 28.6. The molecule has 0 radical (unpaired) electrons. The third-order valence-corrected chi connectivity index (χ3v) is 3.61. The van der Waals surface area contributed by atoms with Gasteiger partial charge in [0.2, 0.25) is 5.91 Å². The van der Waals surface area contributed by atoms with Gasteiger partial charge >= 0.3 is 0 Å². The van der Waals surface area contributed by atoms with Crippen LogP contribution >= 0.6 is 0 Å². The summed E-state index contributed by atoms with van der Waals surface area (Å²) in [5.41, 5.74) is 0. The second-order valence-electron chi connectivity index (χ2n) is 5.10. The second-order valence-corrected chi connectivity index (χ2v) is 5.10. The van der Waals surface area contributed by atoms with Crippen molar-refractivity contribution >= 4 is 5.91 Å². The van der Waals surface area contributed by atoms with Crippen LogP contribution in [0.2, 0.25) is 0 Å². The molecule has 0 spiro atoms. The largest absolute Gasteiger partial charge is 0.378 e. The number of amides is 1. The first-order valence-electron chi connectivity index (χ1n) is 6.97. The van der Waals surface area contributed by atoms with Gasteiger partial charge in [-0.3, -0.25) is 4.79 Å². The molecule has 2 heterocycles. The Morgan fingerprint density at radius 3 is 3.17 bits per heavy atom. The van der Waals surface area contributed by atoms with Crippen LogP contribution in [0.4, 0.5) is 0 Å². The Labute approximate surface area is 109 Å². The molecule has 2 saturated heterocycles. The summed E-state index contributed by atoms with van der Waals surface area (Å²) >= 11 is 0. The Morgan fingerprint density at radius 1 is 1.56 bits per heavy atom. The average molecular weight is 256 g/mol. The van der Waals surface area contributed by atoms with Crippen LogP contribution in [-0.4, -0.2) is 62.4 Å². The van der Waals surface area contributed by atoms with E-state index in [9.17, 15) is 4.79 Å². The number of ether oxygens (including phenoxy) is 2. The van der Waals surface area contributed by atoms with E-state index in [1.54, 1.807) is 0 Å². The van der Waals surface area contributed by atoms with Gasteiger partial charge in [-0.1, -0.05) is 0 Å². The summed E-state index contributed by atoms with van der Waals surface area (Å²) in [4.78, 5) is 13.9. The van der Waals surface area contributed by atoms with E-state index < -0.39 is 0 Å². The molecule has 2 atom stereocenters. The molecule has 2 fully saturated rings. The van der Waals surface area contributed by atoms with E-state index in [0.29, 0.717) is 25.7 Å². The number of carbonyl (C=O) groups is 1. The predicted molar refractivity (Wildman–Crippen MR) is 68.5 cm³/mol. The minimum atomic E-state index is 0.205. The molecule has 1 amide bonds. The molecule has 1 N–H and O–H groups in total. The smallest absolute Gasteiger partial charge is 0.225 e. The third-order valence-electron chi connectivity index (χ3n) is 3.61. The lowest BCUT2D eigenvalue weighted by Crippen LogP contribution is -2.52. The Hall–Kier alpha value is -0.650. The summed E-state index contributed by atoms with van der Waals surface area (Å²) < 4.78 is 11.0. The van der Waals surface area contributed by atoms with E-state index >= 15 is 0 Å². The molecule has 0 aromatic carbocycles. The maximum absolute atomic E-state index is 12.0. The van der Waals surface area contributed by atoms with Gasteiger partial charge in [0.25, 0.3) is 0 Å². The van der Waals surface area contributed by atoms with Gasteiger partial charge in [0.15, 0.2) is 0 Å². The topological polar surface area (TPSA) is 50.8 Å². The molecule has 104 valence electrons. The molecular formula is C13H24N2O3. The SMILES string of the molecule is C[C@H]1CNCCN1C(=O)CCOCC1CCCO1. The standard InChI is InChI=1S/C13H24N2O3/c1-11-9-14-5-6-15(11)13(16)4-8-17-10-12-3-2-7-18-12/h11-12,14H,2-10H2,1H3/t11-,12?/m0/s1. The van der Waals surface area contributed by atoms with Crippen LogP contribution in [0.1, 0.15) is 26.2 Å². The maximum atomic E-state index is 12.0. The Morgan fingerprint density at radius 2 is 2.44 bits per heavy atom.